The van der Waals surface area contributed by atoms with Crippen LogP contribution in [0.3, 0.4) is 0 Å². The maximum atomic E-state index is 5.73. The van der Waals surface area contributed by atoms with Crippen molar-refractivity contribution in [3.05, 3.63) is 0 Å². The van der Waals surface area contributed by atoms with Crippen molar-refractivity contribution < 1.29 is 4.43 Å². The van der Waals surface area contributed by atoms with Crippen molar-refractivity contribution in [3.8, 4) is 0 Å². The van der Waals surface area contributed by atoms with Crippen molar-refractivity contribution in [2.24, 2.45) is 0 Å². The van der Waals surface area contributed by atoms with Gasteiger partial charge >= 0.3 is 0 Å². The minimum Gasteiger partial charge on any atom is -0.425 e. The molecule has 1 heterocycles. The van der Waals surface area contributed by atoms with Crippen LogP contribution in [0.5, 0.6) is 0 Å². The molecule has 1 aliphatic rings. The zero-order chi connectivity index (χ0) is 6.04. The van der Waals surface area contributed by atoms with Gasteiger partial charge in [-0.3, -0.25) is 0 Å². The van der Waals surface area contributed by atoms with Gasteiger partial charge < -0.3 is 4.43 Å². The van der Waals surface area contributed by atoms with Crippen molar-refractivity contribution in [3.63, 3.8) is 0 Å². The summed E-state index contributed by atoms with van der Waals surface area (Å²) in [7, 11) is 1.96. The predicted octanol–water partition coefficient (Wildman–Crippen LogP) is -1.53. The fourth-order valence-corrected chi connectivity index (χ4v) is 6.36. The Labute approximate surface area is 57.4 Å². The normalized spacial score (nSPS) is 40.5. The second-order valence-corrected chi connectivity index (χ2v) is 26.1. The van der Waals surface area contributed by atoms with Gasteiger partial charge in [0.15, 0.2) is 0 Å². The average Bonchev–Trinajstić information content (AvgIpc) is 1.65. The lowest BCUT2D eigenvalue weighted by Gasteiger charge is -2.27. The number of hydrogen-bond donors (Lipinski definition) is 0. The third kappa shape index (κ3) is 1.85. The Morgan fingerprint density at radius 1 is 1.25 bits per heavy atom. The monoisotopic (exact) mass is 162 g/mol. The van der Waals surface area contributed by atoms with Crippen molar-refractivity contribution in [1.82, 2.24) is 0 Å². The smallest absolute Gasteiger partial charge is 0.147 e. The summed E-state index contributed by atoms with van der Waals surface area (Å²) in [5.41, 5.74) is 0. The molecule has 0 saturated carbocycles. The lowest BCUT2D eigenvalue weighted by atomic mass is 10.4. The van der Waals surface area contributed by atoms with E-state index in [1.165, 1.54) is 38.4 Å². The molecular weight excluding hydrogens is 148 g/mol. The molecule has 0 amide bonds. The highest BCUT2D eigenvalue weighted by Crippen LogP contribution is 2.14. The summed E-state index contributed by atoms with van der Waals surface area (Å²) in [6.07, 6.45) is 2.80. The first kappa shape index (κ1) is 6.73. The van der Waals surface area contributed by atoms with Crippen LogP contribution in [0.1, 0.15) is 12.8 Å². The maximum absolute atomic E-state index is 5.73. The molecule has 0 aromatic carbocycles. The van der Waals surface area contributed by atoms with Crippen molar-refractivity contribution in [2.75, 3.05) is 6.61 Å². The van der Waals surface area contributed by atoms with Crippen LogP contribution in [-0.4, -0.2) is 33.5 Å². The van der Waals surface area contributed by atoms with Crippen molar-refractivity contribution in [2.45, 2.75) is 18.9 Å². The van der Waals surface area contributed by atoms with Gasteiger partial charge in [-0.05, 0) is 12.5 Å². The van der Waals surface area contributed by atoms with E-state index in [1.807, 2.05) is 0 Å². The fraction of sp³-hybridized carbons (Fsp3) is 1.00. The summed E-state index contributed by atoms with van der Waals surface area (Å²) in [6.45, 7) is 1.10. The van der Waals surface area contributed by atoms with E-state index in [-0.39, 0.29) is 0 Å². The molecule has 0 aromatic rings. The second kappa shape index (κ2) is 2.47. The maximum Gasteiger partial charge on any atom is 0.147 e. The Balaban J connectivity index is 2.33. The molecule has 0 N–H and O–H groups in total. The van der Waals surface area contributed by atoms with E-state index in [9.17, 15) is 0 Å². The van der Waals surface area contributed by atoms with Gasteiger partial charge in [-0.1, -0.05) is 6.42 Å². The highest BCUT2D eigenvalue weighted by atomic mass is 29.6. The molecule has 48 valence electrons. The molecule has 1 saturated heterocycles. The molecule has 1 fully saturated rings. The van der Waals surface area contributed by atoms with Gasteiger partial charge in [0, 0.05) is 26.1 Å². The van der Waals surface area contributed by atoms with Crippen molar-refractivity contribution in [1.29, 1.82) is 0 Å². The SMILES string of the molecule is [SiH3][Si]1([SiH3])CCCCO1. The molecule has 1 aliphatic heterocycles. The molecule has 0 atom stereocenters. The lowest BCUT2D eigenvalue weighted by molar-refractivity contribution is 0.292. The van der Waals surface area contributed by atoms with Gasteiger partial charge in [-0.15, -0.1) is 0 Å². The predicted molar refractivity (Wildman–Crippen MR) is 45.6 cm³/mol. The summed E-state index contributed by atoms with van der Waals surface area (Å²) in [6, 6.07) is 1.49. The van der Waals surface area contributed by atoms with Gasteiger partial charge in [0.2, 0.25) is 0 Å². The van der Waals surface area contributed by atoms with Gasteiger partial charge in [-0.25, -0.2) is 0 Å². The van der Waals surface area contributed by atoms with E-state index in [0.717, 1.165) is 6.61 Å². The van der Waals surface area contributed by atoms with Gasteiger partial charge in [0.05, 0.1) is 0 Å². The van der Waals surface area contributed by atoms with Crippen LogP contribution in [0.25, 0.3) is 0 Å². The minimum absolute atomic E-state index is 0.813. The molecule has 8 heavy (non-hydrogen) atoms. The molecule has 1 nitrogen and oxygen atoms in total. The topological polar surface area (TPSA) is 9.23 Å². The van der Waals surface area contributed by atoms with E-state index in [2.05, 4.69) is 0 Å². The first-order valence-corrected chi connectivity index (χ1v) is 12.5. The highest BCUT2D eigenvalue weighted by molar-refractivity contribution is 7.38. The van der Waals surface area contributed by atoms with Crippen LogP contribution in [0, 0.1) is 0 Å². The largest absolute Gasteiger partial charge is 0.425 e. The minimum atomic E-state index is -0.813. The van der Waals surface area contributed by atoms with E-state index in [4.69, 9.17) is 4.43 Å². The Morgan fingerprint density at radius 3 is 2.25 bits per heavy atom. The zero-order valence-corrected chi connectivity index (χ0v) is 10.7. The van der Waals surface area contributed by atoms with Crippen LogP contribution in [0.15, 0.2) is 0 Å². The first-order chi connectivity index (χ1) is 3.71. The third-order valence-electron chi connectivity index (χ3n) is 1.67. The van der Waals surface area contributed by atoms with Gasteiger partial charge in [0.25, 0.3) is 0 Å². The zero-order valence-electron chi connectivity index (χ0n) is 5.74. The van der Waals surface area contributed by atoms with E-state index >= 15 is 0 Å². The summed E-state index contributed by atoms with van der Waals surface area (Å²) in [4.78, 5) is 0. The molecule has 1 rings (SSSR count). The summed E-state index contributed by atoms with van der Waals surface area (Å²) in [5.74, 6) is 0. The first-order valence-electron chi connectivity index (χ1n) is 3.35. The molecular formula is C4H14OSi3. The quantitative estimate of drug-likeness (QED) is 0.393. The molecule has 0 spiro atoms. The van der Waals surface area contributed by atoms with Crippen LogP contribution in [-0.2, 0) is 4.43 Å². The van der Waals surface area contributed by atoms with Crippen LogP contribution in [0.4, 0.5) is 0 Å². The Morgan fingerprint density at radius 2 is 2.00 bits per heavy atom. The standard InChI is InChI=1S/C4H14OSi3/c6-8(7)4-2-1-3-5-8/h1-4H2,6-7H3. The Bertz CT molecular complexity index is 75.4. The van der Waals surface area contributed by atoms with E-state index in [1.54, 1.807) is 0 Å². The summed E-state index contributed by atoms with van der Waals surface area (Å²) in [5, 5.41) is 0. The fourth-order valence-electron chi connectivity index (χ4n) is 1.07. The number of hydrogen-bond acceptors (Lipinski definition) is 1. The third-order valence-corrected chi connectivity index (χ3v) is 8.94. The lowest BCUT2D eigenvalue weighted by Crippen LogP contribution is -2.43. The summed E-state index contributed by atoms with van der Waals surface area (Å²) < 4.78 is 5.73. The molecule has 0 unspecified atom stereocenters. The highest BCUT2D eigenvalue weighted by Gasteiger charge is 2.23. The van der Waals surface area contributed by atoms with Gasteiger partial charge in [-0.2, -0.15) is 0 Å². The molecule has 0 bridgehead atoms. The van der Waals surface area contributed by atoms with Crippen molar-refractivity contribution >= 4 is 26.9 Å². The Hall–Kier alpha value is 0.611. The van der Waals surface area contributed by atoms with E-state index < -0.39 is 7.35 Å². The molecule has 0 aliphatic carbocycles. The second-order valence-electron chi connectivity index (χ2n) is 3.07. The van der Waals surface area contributed by atoms with E-state index in [0.29, 0.717) is 0 Å². The summed E-state index contributed by atoms with van der Waals surface area (Å²) >= 11 is 0. The van der Waals surface area contributed by atoms with Crippen LogP contribution < -0.4 is 0 Å². The average molecular weight is 162 g/mol. The molecule has 4 heteroatoms. The van der Waals surface area contributed by atoms with Crippen LogP contribution >= 0.6 is 0 Å². The van der Waals surface area contributed by atoms with Crippen LogP contribution in [0.2, 0.25) is 6.04 Å². The Kier molecular flexibility index (Phi) is 2.07. The number of rotatable bonds is 0. The molecule has 0 aromatic heterocycles. The molecule has 0 radical (unpaired) electrons. The van der Waals surface area contributed by atoms with Gasteiger partial charge in [0.1, 0.15) is 7.35 Å².